The molecule has 0 saturated heterocycles. The summed E-state index contributed by atoms with van der Waals surface area (Å²) in [6, 6.07) is 8.21. The van der Waals surface area contributed by atoms with Crippen LogP contribution in [0, 0.1) is 13.8 Å². The summed E-state index contributed by atoms with van der Waals surface area (Å²) in [6.07, 6.45) is 8.64. The summed E-state index contributed by atoms with van der Waals surface area (Å²) in [5, 5.41) is 0. The van der Waals surface area contributed by atoms with E-state index in [2.05, 4.69) is 39.7 Å². The highest BCUT2D eigenvalue weighted by Crippen LogP contribution is 2.31. The number of hydrogen-bond donors (Lipinski definition) is 0. The first kappa shape index (κ1) is 13.9. The first-order chi connectivity index (χ1) is 11.1. The molecular formula is C19H17N3O. The highest BCUT2D eigenvalue weighted by Gasteiger charge is 2.28. The molecule has 4 heteroatoms. The Hall–Kier alpha value is -2.75. The third-order valence-corrected chi connectivity index (χ3v) is 4.58. The number of fused-ring (bicyclic) bond motifs is 3. The molecule has 23 heavy (non-hydrogen) atoms. The van der Waals surface area contributed by atoms with Gasteiger partial charge in [-0.15, -0.1) is 0 Å². The van der Waals surface area contributed by atoms with E-state index in [1.807, 2.05) is 37.3 Å². The number of aryl methyl sites for hydroxylation is 1. The van der Waals surface area contributed by atoms with Crippen molar-refractivity contribution in [3.8, 4) is 0 Å². The van der Waals surface area contributed by atoms with E-state index in [1.165, 1.54) is 5.56 Å². The fourth-order valence-electron chi connectivity index (χ4n) is 3.23. The van der Waals surface area contributed by atoms with Crippen molar-refractivity contribution in [1.29, 1.82) is 0 Å². The van der Waals surface area contributed by atoms with Gasteiger partial charge in [-0.25, -0.2) is 4.99 Å². The van der Waals surface area contributed by atoms with E-state index in [1.54, 1.807) is 0 Å². The van der Waals surface area contributed by atoms with Crippen molar-refractivity contribution in [3.05, 3.63) is 81.3 Å². The lowest BCUT2D eigenvalue weighted by molar-refractivity contribution is 0.720. The van der Waals surface area contributed by atoms with Gasteiger partial charge >= 0.3 is 0 Å². The van der Waals surface area contributed by atoms with Crippen molar-refractivity contribution in [3.63, 3.8) is 0 Å². The maximum Gasteiger partial charge on any atom is 0.278 e. The van der Waals surface area contributed by atoms with Crippen molar-refractivity contribution in [2.75, 3.05) is 0 Å². The number of allylic oxidation sites excluding steroid dienone is 4. The van der Waals surface area contributed by atoms with Crippen LogP contribution in [0.5, 0.6) is 0 Å². The van der Waals surface area contributed by atoms with Gasteiger partial charge in [-0.3, -0.25) is 4.79 Å². The molecule has 2 aliphatic rings. The van der Waals surface area contributed by atoms with Gasteiger partial charge in [0.1, 0.15) is 0 Å². The lowest BCUT2D eigenvalue weighted by Crippen LogP contribution is -2.23. The molecule has 1 atom stereocenters. The Labute approximate surface area is 134 Å². The molecule has 0 N–H and O–H groups in total. The van der Waals surface area contributed by atoms with E-state index >= 15 is 0 Å². The van der Waals surface area contributed by atoms with E-state index in [0.717, 1.165) is 22.5 Å². The van der Waals surface area contributed by atoms with Crippen LogP contribution in [0.4, 0.5) is 5.95 Å². The van der Waals surface area contributed by atoms with Gasteiger partial charge in [0, 0.05) is 17.7 Å². The summed E-state index contributed by atoms with van der Waals surface area (Å²) < 4.78 is 2.06. The summed E-state index contributed by atoms with van der Waals surface area (Å²) in [6.45, 7) is 4.06. The van der Waals surface area contributed by atoms with Crippen molar-refractivity contribution >= 4 is 11.7 Å². The summed E-state index contributed by atoms with van der Waals surface area (Å²) in [5.74, 6) is 0.511. The van der Waals surface area contributed by atoms with Gasteiger partial charge < -0.3 is 4.57 Å². The van der Waals surface area contributed by atoms with Crippen molar-refractivity contribution in [2.24, 2.45) is 4.99 Å². The van der Waals surface area contributed by atoms with Crippen LogP contribution < -0.4 is 5.56 Å². The van der Waals surface area contributed by atoms with Crippen molar-refractivity contribution < 1.29 is 0 Å². The van der Waals surface area contributed by atoms with Crippen LogP contribution in [0.3, 0.4) is 0 Å². The zero-order chi connectivity index (χ0) is 16.0. The largest absolute Gasteiger partial charge is 0.301 e. The fourth-order valence-corrected chi connectivity index (χ4v) is 3.23. The topological polar surface area (TPSA) is 47.2 Å². The van der Waals surface area contributed by atoms with Gasteiger partial charge in [0.15, 0.2) is 0 Å². The normalized spacial score (nSPS) is 17.8. The molecule has 4 rings (SSSR count). The Balaban J connectivity index is 1.83. The fraction of sp³-hybridized carbons (Fsp3) is 0.211. The summed E-state index contributed by atoms with van der Waals surface area (Å²) in [4.78, 5) is 21.2. The zero-order valence-electron chi connectivity index (χ0n) is 13.2. The summed E-state index contributed by atoms with van der Waals surface area (Å²) >= 11 is 0. The van der Waals surface area contributed by atoms with Crippen LogP contribution >= 0.6 is 0 Å². The number of rotatable bonds is 2. The molecule has 1 aromatic carbocycles. The van der Waals surface area contributed by atoms with Gasteiger partial charge in [-0.1, -0.05) is 42.5 Å². The van der Waals surface area contributed by atoms with E-state index in [4.69, 9.17) is 0 Å². The first-order valence-electron chi connectivity index (χ1n) is 7.75. The maximum absolute atomic E-state index is 12.5. The molecule has 0 amide bonds. The minimum absolute atomic E-state index is 0.0544. The van der Waals surface area contributed by atoms with Gasteiger partial charge in [0.2, 0.25) is 5.95 Å². The van der Waals surface area contributed by atoms with Crippen LogP contribution in [0.1, 0.15) is 28.4 Å². The Morgan fingerprint density at radius 2 is 2.00 bits per heavy atom. The highest BCUT2D eigenvalue weighted by atomic mass is 16.1. The smallest absolute Gasteiger partial charge is 0.278 e. The Bertz CT molecular complexity index is 948. The molecule has 0 saturated carbocycles. The molecule has 0 radical (unpaired) electrons. The number of aliphatic imine (C=N–C) groups is 1. The molecule has 1 aliphatic carbocycles. The SMILES string of the molecule is Cc1ccccc1Cc1c(C)n2c(nc1=O)N=C1C=CC=CC12. The second kappa shape index (κ2) is 5.16. The zero-order valence-corrected chi connectivity index (χ0v) is 13.2. The predicted octanol–water partition coefficient (Wildman–Crippen LogP) is 3.20. The van der Waals surface area contributed by atoms with Gasteiger partial charge in [-0.2, -0.15) is 4.98 Å². The lowest BCUT2D eigenvalue weighted by atomic mass is 10.00. The van der Waals surface area contributed by atoms with Gasteiger partial charge in [-0.05, 0) is 31.1 Å². The van der Waals surface area contributed by atoms with Gasteiger partial charge in [0.25, 0.3) is 5.56 Å². The van der Waals surface area contributed by atoms with E-state index in [-0.39, 0.29) is 11.6 Å². The van der Waals surface area contributed by atoms with Crippen molar-refractivity contribution in [2.45, 2.75) is 26.3 Å². The number of hydrogen-bond acceptors (Lipinski definition) is 3. The molecule has 114 valence electrons. The number of nitrogens with zero attached hydrogens (tertiary/aromatic N) is 3. The summed E-state index contributed by atoms with van der Waals surface area (Å²) in [5.41, 5.74) is 4.82. The third kappa shape index (κ3) is 2.18. The van der Waals surface area contributed by atoms with E-state index in [9.17, 15) is 4.79 Å². The number of aromatic nitrogens is 2. The Morgan fingerprint density at radius 1 is 1.17 bits per heavy atom. The average Bonchev–Trinajstić information content (AvgIpc) is 2.91. The van der Waals surface area contributed by atoms with E-state index < -0.39 is 0 Å². The lowest BCUT2D eigenvalue weighted by Gasteiger charge is -2.18. The molecule has 0 fully saturated rings. The Kier molecular flexibility index (Phi) is 3.11. The standard InChI is InChI=1S/C19H17N3O/c1-12-7-3-4-8-14(12)11-15-13(2)22-17-10-6-5-9-16(17)20-19(22)21-18(15)23/h3-10,17H,11H2,1-2H3. The number of benzene rings is 1. The highest BCUT2D eigenvalue weighted by molar-refractivity contribution is 6.03. The van der Waals surface area contributed by atoms with E-state index in [0.29, 0.717) is 12.4 Å². The molecule has 0 bridgehead atoms. The molecule has 1 unspecified atom stereocenters. The van der Waals surface area contributed by atoms with Crippen molar-refractivity contribution in [1.82, 2.24) is 9.55 Å². The molecule has 2 heterocycles. The molecule has 1 aliphatic heterocycles. The minimum Gasteiger partial charge on any atom is -0.301 e. The monoisotopic (exact) mass is 303 g/mol. The van der Waals surface area contributed by atoms with Crippen LogP contribution in [0.15, 0.2) is 58.4 Å². The second-order valence-corrected chi connectivity index (χ2v) is 5.98. The maximum atomic E-state index is 12.5. The van der Waals surface area contributed by atoms with Crippen LogP contribution in [0.25, 0.3) is 0 Å². The summed E-state index contributed by atoms with van der Waals surface area (Å²) in [7, 11) is 0. The average molecular weight is 303 g/mol. The minimum atomic E-state index is -0.173. The molecule has 0 spiro atoms. The van der Waals surface area contributed by atoms with Crippen LogP contribution in [0.2, 0.25) is 0 Å². The molecule has 2 aromatic rings. The predicted molar refractivity (Wildman–Crippen MR) is 91.6 cm³/mol. The first-order valence-corrected chi connectivity index (χ1v) is 7.75. The quantitative estimate of drug-likeness (QED) is 0.855. The molecular weight excluding hydrogens is 286 g/mol. The van der Waals surface area contributed by atoms with Gasteiger partial charge in [0.05, 0.1) is 11.8 Å². The second-order valence-electron chi connectivity index (χ2n) is 5.98. The molecule has 4 nitrogen and oxygen atoms in total. The van der Waals surface area contributed by atoms with Crippen LogP contribution in [-0.4, -0.2) is 15.3 Å². The van der Waals surface area contributed by atoms with Crippen LogP contribution in [-0.2, 0) is 6.42 Å². The molecule has 1 aromatic heterocycles. The third-order valence-electron chi connectivity index (χ3n) is 4.58. The Morgan fingerprint density at radius 3 is 2.83 bits per heavy atom.